The summed E-state index contributed by atoms with van der Waals surface area (Å²) in [5.74, 6) is -0.171. The van der Waals surface area contributed by atoms with Gasteiger partial charge in [-0.25, -0.2) is 0 Å². The van der Waals surface area contributed by atoms with E-state index in [-0.39, 0.29) is 5.91 Å². The first-order valence-electron chi connectivity index (χ1n) is 7.25. The van der Waals surface area contributed by atoms with Gasteiger partial charge >= 0.3 is 0 Å². The second-order valence-electron chi connectivity index (χ2n) is 4.98. The van der Waals surface area contributed by atoms with Crippen molar-refractivity contribution in [1.82, 2.24) is 9.97 Å². The highest BCUT2D eigenvalue weighted by Crippen LogP contribution is 2.15. The number of carbonyl (C=O) groups is 1. The molecule has 0 spiro atoms. The Hall–Kier alpha value is -3.21. The van der Waals surface area contributed by atoms with Gasteiger partial charge in [-0.15, -0.1) is 0 Å². The van der Waals surface area contributed by atoms with Crippen molar-refractivity contribution in [2.45, 2.75) is 6.54 Å². The molecule has 0 radical (unpaired) electrons. The maximum atomic E-state index is 12.0. The normalized spacial score (nSPS) is 10.1. The molecule has 114 valence electrons. The summed E-state index contributed by atoms with van der Waals surface area (Å²) in [4.78, 5) is 20.0. The third-order valence-corrected chi connectivity index (χ3v) is 3.31. The summed E-state index contributed by atoms with van der Waals surface area (Å²) >= 11 is 0. The highest BCUT2D eigenvalue weighted by atomic mass is 16.1. The van der Waals surface area contributed by atoms with Gasteiger partial charge in [-0.1, -0.05) is 0 Å². The lowest BCUT2D eigenvalue weighted by molar-refractivity contribution is 0.102. The second kappa shape index (κ2) is 7.17. The fourth-order valence-electron chi connectivity index (χ4n) is 2.08. The number of pyridine rings is 2. The molecule has 0 bridgehead atoms. The van der Waals surface area contributed by atoms with Crippen LogP contribution < -0.4 is 10.6 Å². The van der Waals surface area contributed by atoms with Gasteiger partial charge in [0.15, 0.2) is 0 Å². The summed E-state index contributed by atoms with van der Waals surface area (Å²) in [7, 11) is 0. The zero-order valence-corrected chi connectivity index (χ0v) is 12.4. The summed E-state index contributed by atoms with van der Waals surface area (Å²) in [5.41, 5.74) is 3.43. The van der Waals surface area contributed by atoms with Gasteiger partial charge in [0.25, 0.3) is 5.91 Å². The molecule has 0 saturated heterocycles. The van der Waals surface area contributed by atoms with Gasteiger partial charge in [0.05, 0.1) is 5.56 Å². The van der Waals surface area contributed by atoms with Crippen molar-refractivity contribution in [3.8, 4) is 0 Å². The Morgan fingerprint density at radius 3 is 2.30 bits per heavy atom. The van der Waals surface area contributed by atoms with Crippen LogP contribution in [0.25, 0.3) is 0 Å². The Morgan fingerprint density at radius 2 is 1.61 bits per heavy atom. The van der Waals surface area contributed by atoms with Crippen molar-refractivity contribution in [2.75, 3.05) is 10.6 Å². The predicted molar refractivity (Wildman–Crippen MR) is 90.2 cm³/mol. The lowest BCUT2D eigenvalue weighted by atomic mass is 10.2. The van der Waals surface area contributed by atoms with Crippen LogP contribution in [0.5, 0.6) is 0 Å². The average molecular weight is 304 g/mol. The van der Waals surface area contributed by atoms with E-state index < -0.39 is 0 Å². The smallest absolute Gasteiger partial charge is 0.257 e. The third-order valence-electron chi connectivity index (χ3n) is 3.31. The van der Waals surface area contributed by atoms with Crippen LogP contribution >= 0.6 is 0 Å². The van der Waals surface area contributed by atoms with Crippen LogP contribution in [0.1, 0.15) is 15.9 Å². The molecule has 3 rings (SSSR count). The number of carbonyl (C=O) groups excluding carboxylic acids is 1. The van der Waals surface area contributed by atoms with Gasteiger partial charge in [-0.2, -0.15) is 0 Å². The molecule has 2 N–H and O–H groups in total. The zero-order valence-electron chi connectivity index (χ0n) is 12.4. The van der Waals surface area contributed by atoms with Gasteiger partial charge in [-0.05, 0) is 54.1 Å². The fraction of sp³-hybridized carbons (Fsp3) is 0.0556. The van der Waals surface area contributed by atoms with Crippen molar-refractivity contribution in [3.05, 3.63) is 84.4 Å². The molecule has 2 aromatic heterocycles. The molecular formula is C18H16N4O. The Labute approximate surface area is 134 Å². The van der Waals surface area contributed by atoms with E-state index in [0.29, 0.717) is 5.56 Å². The minimum absolute atomic E-state index is 0.171. The Balaban J connectivity index is 1.58. The molecule has 5 nitrogen and oxygen atoms in total. The van der Waals surface area contributed by atoms with Gasteiger partial charge < -0.3 is 10.6 Å². The van der Waals surface area contributed by atoms with E-state index in [9.17, 15) is 4.79 Å². The topological polar surface area (TPSA) is 66.9 Å². The molecule has 1 aromatic carbocycles. The maximum absolute atomic E-state index is 12.0. The molecule has 0 aliphatic carbocycles. The minimum atomic E-state index is -0.171. The first-order chi connectivity index (χ1) is 11.3. The first-order valence-corrected chi connectivity index (χ1v) is 7.25. The molecule has 0 unspecified atom stereocenters. The predicted octanol–water partition coefficient (Wildman–Crippen LogP) is 3.34. The van der Waals surface area contributed by atoms with E-state index in [0.717, 1.165) is 23.5 Å². The van der Waals surface area contributed by atoms with Crippen molar-refractivity contribution in [3.63, 3.8) is 0 Å². The van der Waals surface area contributed by atoms with Crippen LogP contribution in [-0.4, -0.2) is 15.9 Å². The number of nitrogens with one attached hydrogen (secondary N) is 2. The lowest BCUT2D eigenvalue weighted by Crippen LogP contribution is -2.11. The summed E-state index contributed by atoms with van der Waals surface area (Å²) in [6, 6.07) is 15.0. The van der Waals surface area contributed by atoms with Crippen LogP contribution in [0.3, 0.4) is 0 Å². The Bertz CT molecular complexity index is 758. The molecule has 0 atom stereocenters. The highest BCUT2D eigenvalue weighted by Gasteiger charge is 2.05. The van der Waals surface area contributed by atoms with Gasteiger partial charge in [-0.3, -0.25) is 14.8 Å². The third kappa shape index (κ3) is 4.14. The van der Waals surface area contributed by atoms with Crippen molar-refractivity contribution in [2.24, 2.45) is 0 Å². The van der Waals surface area contributed by atoms with Gasteiger partial charge in [0, 0.05) is 42.7 Å². The van der Waals surface area contributed by atoms with E-state index in [1.807, 2.05) is 36.4 Å². The molecule has 3 aromatic rings. The summed E-state index contributed by atoms with van der Waals surface area (Å²) in [6.07, 6.45) is 6.72. The quantitative estimate of drug-likeness (QED) is 0.758. The van der Waals surface area contributed by atoms with E-state index in [1.165, 1.54) is 0 Å². The second-order valence-corrected chi connectivity index (χ2v) is 4.98. The van der Waals surface area contributed by atoms with Crippen LogP contribution in [0.2, 0.25) is 0 Å². The Morgan fingerprint density at radius 1 is 0.870 bits per heavy atom. The van der Waals surface area contributed by atoms with Crippen molar-refractivity contribution < 1.29 is 4.79 Å². The number of nitrogens with zero attached hydrogens (tertiary/aromatic N) is 2. The molecule has 5 heteroatoms. The number of benzene rings is 1. The molecule has 0 aliphatic rings. The molecule has 2 heterocycles. The number of hydrogen-bond acceptors (Lipinski definition) is 4. The number of aromatic nitrogens is 2. The number of rotatable bonds is 5. The molecule has 0 saturated carbocycles. The minimum Gasteiger partial charge on any atom is -0.381 e. The zero-order chi connectivity index (χ0) is 15.9. The molecule has 1 amide bonds. The van der Waals surface area contributed by atoms with Crippen LogP contribution in [-0.2, 0) is 6.54 Å². The van der Waals surface area contributed by atoms with Crippen LogP contribution in [0.4, 0.5) is 11.4 Å². The molecule has 0 fully saturated rings. The lowest BCUT2D eigenvalue weighted by Gasteiger charge is -2.08. The molecular weight excluding hydrogens is 288 g/mol. The number of hydrogen-bond donors (Lipinski definition) is 2. The number of anilines is 2. The number of amides is 1. The summed E-state index contributed by atoms with van der Waals surface area (Å²) in [6.45, 7) is 0.726. The molecule has 0 aliphatic heterocycles. The summed E-state index contributed by atoms with van der Waals surface area (Å²) in [5, 5.41) is 6.17. The standard InChI is InChI=1S/C18H16N4O/c23-18(15-2-1-9-20-13-15)22-17-5-3-16(4-6-17)21-12-14-7-10-19-11-8-14/h1-11,13,21H,12H2,(H,22,23). The maximum Gasteiger partial charge on any atom is 0.257 e. The van der Waals surface area contributed by atoms with E-state index >= 15 is 0 Å². The van der Waals surface area contributed by atoms with Gasteiger partial charge in [0.2, 0.25) is 0 Å². The summed E-state index contributed by atoms with van der Waals surface area (Å²) < 4.78 is 0. The fourth-order valence-corrected chi connectivity index (χ4v) is 2.08. The van der Waals surface area contributed by atoms with E-state index in [2.05, 4.69) is 20.6 Å². The van der Waals surface area contributed by atoms with Gasteiger partial charge in [0.1, 0.15) is 0 Å². The molecule has 23 heavy (non-hydrogen) atoms. The monoisotopic (exact) mass is 304 g/mol. The van der Waals surface area contributed by atoms with Crippen LogP contribution in [0, 0.1) is 0 Å². The average Bonchev–Trinajstić information content (AvgIpc) is 2.63. The largest absolute Gasteiger partial charge is 0.381 e. The van der Waals surface area contributed by atoms with E-state index in [4.69, 9.17) is 0 Å². The highest BCUT2D eigenvalue weighted by molar-refractivity contribution is 6.04. The van der Waals surface area contributed by atoms with Crippen LogP contribution in [0.15, 0.2) is 73.3 Å². The van der Waals surface area contributed by atoms with Crippen molar-refractivity contribution in [1.29, 1.82) is 0 Å². The first kappa shape index (κ1) is 14.7. The van der Waals surface area contributed by atoms with Crippen molar-refractivity contribution >= 4 is 17.3 Å². The SMILES string of the molecule is O=C(Nc1ccc(NCc2ccncc2)cc1)c1cccnc1. The van der Waals surface area contributed by atoms with E-state index in [1.54, 1.807) is 36.9 Å². The Kier molecular flexibility index (Phi) is 4.59.